The van der Waals surface area contributed by atoms with Crippen molar-refractivity contribution in [1.29, 1.82) is 0 Å². The third-order valence-corrected chi connectivity index (χ3v) is 5.73. The minimum atomic E-state index is -3.37. The van der Waals surface area contributed by atoms with Crippen molar-refractivity contribution >= 4 is 38.6 Å². The van der Waals surface area contributed by atoms with Gasteiger partial charge in [-0.2, -0.15) is 0 Å². The monoisotopic (exact) mass is 276 g/mol. The predicted octanol–water partition coefficient (Wildman–Crippen LogP) is 1.07. The number of hydrogen-bond acceptors (Lipinski definition) is 4. The van der Waals surface area contributed by atoms with E-state index in [-0.39, 0.29) is 9.20 Å². The van der Waals surface area contributed by atoms with Gasteiger partial charge in [0.2, 0.25) is 10.0 Å². The molecule has 0 amide bonds. The van der Waals surface area contributed by atoms with Crippen molar-refractivity contribution in [3.8, 4) is 0 Å². The summed E-state index contributed by atoms with van der Waals surface area (Å²) < 4.78 is 26.5. The lowest BCUT2D eigenvalue weighted by Crippen LogP contribution is -2.25. The maximum absolute atomic E-state index is 11.8. The molecule has 3 N–H and O–H groups in total. The van der Waals surface area contributed by atoms with Gasteiger partial charge in [0.15, 0.2) is 0 Å². The van der Waals surface area contributed by atoms with Crippen molar-refractivity contribution in [3.05, 3.63) is 17.0 Å². The van der Waals surface area contributed by atoms with E-state index in [4.69, 9.17) is 18.0 Å². The van der Waals surface area contributed by atoms with Crippen molar-refractivity contribution in [2.24, 2.45) is 11.7 Å². The molecule has 2 rings (SSSR count). The summed E-state index contributed by atoms with van der Waals surface area (Å²) in [5.41, 5.74) is 5.43. The molecule has 0 unspecified atom stereocenters. The molecule has 0 atom stereocenters. The quantitative estimate of drug-likeness (QED) is 0.789. The molecule has 1 aromatic rings. The van der Waals surface area contributed by atoms with E-state index in [9.17, 15) is 8.42 Å². The fourth-order valence-corrected chi connectivity index (χ4v) is 3.73. The first kappa shape index (κ1) is 12.0. The van der Waals surface area contributed by atoms with Crippen LogP contribution in [0.5, 0.6) is 0 Å². The van der Waals surface area contributed by atoms with Gasteiger partial charge in [0, 0.05) is 6.54 Å². The summed E-state index contributed by atoms with van der Waals surface area (Å²) in [4.78, 5) is 0.857. The molecule has 1 fully saturated rings. The van der Waals surface area contributed by atoms with E-state index in [0.717, 1.165) is 24.2 Å². The summed E-state index contributed by atoms with van der Waals surface area (Å²) >= 11 is 5.89. The van der Waals surface area contributed by atoms with Gasteiger partial charge < -0.3 is 5.73 Å². The molecule has 1 saturated carbocycles. The lowest BCUT2D eigenvalue weighted by atomic mass is 10.4. The molecular weight excluding hydrogens is 264 g/mol. The van der Waals surface area contributed by atoms with Crippen molar-refractivity contribution < 1.29 is 8.42 Å². The van der Waals surface area contributed by atoms with Crippen LogP contribution in [-0.4, -0.2) is 20.0 Å². The molecule has 1 aliphatic carbocycles. The first-order valence-corrected chi connectivity index (χ1v) is 7.59. The largest absolute Gasteiger partial charge is 0.389 e. The lowest BCUT2D eigenvalue weighted by Gasteiger charge is -2.02. The highest BCUT2D eigenvalue weighted by atomic mass is 32.2. The highest BCUT2D eigenvalue weighted by Crippen LogP contribution is 2.28. The number of nitrogens with two attached hydrogens (primary N) is 1. The molecule has 0 bridgehead atoms. The second kappa shape index (κ2) is 4.40. The zero-order valence-electron chi connectivity index (χ0n) is 8.47. The molecule has 1 heterocycles. The van der Waals surface area contributed by atoms with E-state index < -0.39 is 10.0 Å². The maximum Gasteiger partial charge on any atom is 0.250 e. The predicted molar refractivity (Wildman–Crippen MR) is 68.1 cm³/mol. The van der Waals surface area contributed by atoms with Gasteiger partial charge in [0.05, 0.1) is 4.88 Å². The lowest BCUT2D eigenvalue weighted by molar-refractivity contribution is 0.579. The van der Waals surface area contributed by atoms with Gasteiger partial charge in [0.25, 0.3) is 0 Å². The Bertz CT molecular complexity index is 503. The molecule has 4 nitrogen and oxygen atoms in total. The Morgan fingerprint density at radius 2 is 2.25 bits per heavy atom. The van der Waals surface area contributed by atoms with Crippen LogP contribution in [-0.2, 0) is 10.0 Å². The van der Waals surface area contributed by atoms with E-state index in [0.29, 0.717) is 17.3 Å². The summed E-state index contributed by atoms with van der Waals surface area (Å²) in [6, 6.07) is 3.17. The summed E-state index contributed by atoms with van der Waals surface area (Å²) in [7, 11) is -3.37. The molecule has 0 spiro atoms. The molecule has 0 aliphatic heterocycles. The van der Waals surface area contributed by atoms with Crippen LogP contribution >= 0.6 is 23.6 Å². The topological polar surface area (TPSA) is 72.2 Å². The Morgan fingerprint density at radius 3 is 2.75 bits per heavy atom. The minimum Gasteiger partial charge on any atom is -0.389 e. The molecule has 0 saturated heterocycles. The van der Waals surface area contributed by atoms with E-state index in [2.05, 4.69) is 4.72 Å². The SMILES string of the molecule is NC(=S)c1ccc(S(=O)(=O)NCC2CC2)s1. The summed E-state index contributed by atoms with van der Waals surface area (Å²) in [5, 5.41) is 0. The Kier molecular flexibility index (Phi) is 3.29. The van der Waals surface area contributed by atoms with Crippen molar-refractivity contribution in [2.45, 2.75) is 17.1 Å². The first-order valence-electron chi connectivity index (χ1n) is 4.88. The van der Waals surface area contributed by atoms with Gasteiger partial charge in [-0.05, 0) is 30.9 Å². The number of thiophene rings is 1. The third-order valence-electron chi connectivity index (χ3n) is 2.35. The van der Waals surface area contributed by atoms with Crippen LogP contribution in [0, 0.1) is 5.92 Å². The second-order valence-corrected chi connectivity index (χ2v) is 7.30. The van der Waals surface area contributed by atoms with Gasteiger partial charge in [0.1, 0.15) is 9.20 Å². The average molecular weight is 276 g/mol. The fraction of sp³-hybridized carbons (Fsp3) is 0.444. The van der Waals surface area contributed by atoms with Gasteiger partial charge in [-0.1, -0.05) is 12.2 Å². The van der Waals surface area contributed by atoms with Crippen molar-refractivity contribution in [1.82, 2.24) is 4.72 Å². The molecule has 0 aromatic carbocycles. The Balaban J connectivity index is 2.10. The van der Waals surface area contributed by atoms with Gasteiger partial charge in [-0.3, -0.25) is 0 Å². The van der Waals surface area contributed by atoms with Gasteiger partial charge in [-0.25, -0.2) is 13.1 Å². The Hall–Kier alpha value is -0.500. The van der Waals surface area contributed by atoms with Crippen LogP contribution in [0.15, 0.2) is 16.3 Å². The number of nitrogens with one attached hydrogen (secondary N) is 1. The molecule has 1 aromatic heterocycles. The molecule has 16 heavy (non-hydrogen) atoms. The molecular formula is C9H12N2O2S3. The highest BCUT2D eigenvalue weighted by molar-refractivity contribution is 7.91. The minimum absolute atomic E-state index is 0.230. The third kappa shape index (κ3) is 2.79. The second-order valence-electron chi connectivity index (χ2n) is 3.78. The van der Waals surface area contributed by atoms with Crippen molar-refractivity contribution in [3.63, 3.8) is 0 Å². The molecule has 0 radical (unpaired) electrons. The van der Waals surface area contributed by atoms with Crippen molar-refractivity contribution in [2.75, 3.05) is 6.54 Å². The van der Waals surface area contributed by atoms with E-state index >= 15 is 0 Å². The average Bonchev–Trinajstić information content (AvgIpc) is 2.89. The van der Waals surface area contributed by atoms with Crippen LogP contribution in [0.2, 0.25) is 0 Å². The number of thiocarbonyl (C=S) groups is 1. The number of rotatable bonds is 5. The standard InChI is InChI=1S/C9H12N2O2S3/c10-9(14)7-3-4-8(15-7)16(12,13)11-5-6-1-2-6/h3-4,6,11H,1-2,5H2,(H2,10,14). The number of hydrogen-bond donors (Lipinski definition) is 2. The summed E-state index contributed by atoms with van der Waals surface area (Å²) in [6.07, 6.45) is 2.23. The maximum atomic E-state index is 11.8. The Morgan fingerprint density at radius 1 is 1.56 bits per heavy atom. The molecule has 7 heteroatoms. The Labute approximate surface area is 104 Å². The van der Waals surface area contributed by atoms with E-state index in [1.165, 1.54) is 6.07 Å². The zero-order valence-corrected chi connectivity index (χ0v) is 10.9. The molecule has 1 aliphatic rings. The smallest absolute Gasteiger partial charge is 0.250 e. The van der Waals surface area contributed by atoms with Gasteiger partial charge >= 0.3 is 0 Å². The van der Waals surface area contributed by atoms with E-state index in [1.807, 2.05) is 0 Å². The van der Waals surface area contributed by atoms with Crippen LogP contribution in [0.1, 0.15) is 17.7 Å². The normalized spacial score (nSPS) is 16.2. The van der Waals surface area contributed by atoms with Crippen LogP contribution in [0.4, 0.5) is 0 Å². The zero-order chi connectivity index (χ0) is 11.8. The summed E-state index contributed by atoms with van der Waals surface area (Å²) in [5.74, 6) is 0.518. The number of sulfonamides is 1. The van der Waals surface area contributed by atoms with Gasteiger partial charge in [-0.15, -0.1) is 11.3 Å². The van der Waals surface area contributed by atoms with Crippen LogP contribution < -0.4 is 10.5 Å². The first-order chi connectivity index (χ1) is 7.49. The van der Waals surface area contributed by atoms with E-state index in [1.54, 1.807) is 6.07 Å². The highest BCUT2D eigenvalue weighted by Gasteiger charge is 2.25. The fourth-order valence-electron chi connectivity index (χ4n) is 1.22. The molecule has 88 valence electrons. The van der Waals surface area contributed by atoms with Crippen LogP contribution in [0.3, 0.4) is 0 Å². The van der Waals surface area contributed by atoms with Crippen LogP contribution in [0.25, 0.3) is 0 Å². The summed E-state index contributed by atoms with van der Waals surface area (Å²) in [6.45, 7) is 0.530.